The van der Waals surface area contributed by atoms with Gasteiger partial charge in [-0.15, -0.1) is 0 Å². The molecule has 1 amide bonds. The number of halogens is 1. The number of likely N-dealkylation sites (tertiary alicyclic amines) is 1. The van der Waals surface area contributed by atoms with Crippen LogP contribution in [0.3, 0.4) is 0 Å². The fraction of sp³-hybridized carbons (Fsp3) is 0.706. The molecule has 1 saturated heterocycles. The van der Waals surface area contributed by atoms with E-state index in [9.17, 15) is 4.79 Å². The lowest BCUT2D eigenvalue weighted by atomic mass is 9.75. The molecule has 0 bridgehead atoms. The highest BCUT2D eigenvalue weighted by atomic mass is 79.9. The quantitative estimate of drug-likeness (QED) is 0.780. The van der Waals surface area contributed by atoms with Crippen LogP contribution in [0.25, 0.3) is 0 Å². The van der Waals surface area contributed by atoms with Gasteiger partial charge < -0.3 is 9.47 Å². The second kappa shape index (κ2) is 6.55. The number of aryl methyl sites for hydroxylation is 1. The van der Waals surface area contributed by atoms with E-state index in [0.29, 0.717) is 5.41 Å². The van der Waals surface area contributed by atoms with Crippen LogP contribution in [0.5, 0.6) is 0 Å². The maximum Gasteiger partial charge on any atom is 0.270 e. The molecule has 0 atom stereocenters. The number of amides is 1. The van der Waals surface area contributed by atoms with E-state index in [1.807, 2.05) is 17.2 Å². The summed E-state index contributed by atoms with van der Waals surface area (Å²) in [6.45, 7) is 11.7. The normalized spacial score (nSPS) is 17.3. The zero-order valence-corrected chi connectivity index (χ0v) is 15.2. The summed E-state index contributed by atoms with van der Waals surface area (Å²) in [4.78, 5) is 14.8. The molecule has 1 aromatic heterocycles. The van der Waals surface area contributed by atoms with Gasteiger partial charge in [-0.05, 0) is 52.6 Å². The zero-order valence-electron chi connectivity index (χ0n) is 13.7. The smallest absolute Gasteiger partial charge is 0.270 e. The van der Waals surface area contributed by atoms with Crippen LogP contribution in [0.2, 0.25) is 0 Å². The topological polar surface area (TPSA) is 25.2 Å². The first-order chi connectivity index (χ1) is 9.82. The van der Waals surface area contributed by atoms with Crippen LogP contribution in [0.1, 0.15) is 57.4 Å². The van der Waals surface area contributed by atoms with Gasteiger partial charge in [0.1, 0.15) is 5.69 Å². The number of carbonyl (C=O) groups excluding carboxylic acids is 1. The zero-order chi connectivity index (χ0) is 15.6. The molecule has 118 valence electrons. The Bertz CT molecular complexity index is 493. The summed E-state index contributed by atoms with van der Waals surface area (Å²) in [5.41, 5.74) is 1.17. The average Bonchev–Trinajstić information content (AvgIpc) is 2.78. The van der Waals surface area contributed by atoms with E-state index >= 15 is 0 Å². The van der Waals surface area contributed by atoms with Crippen LogP contribution in [-0.2, 0) is 6.54 Å². The molecule has 0 unspecified atom stereocenters. The summed E-state index contributed by atoms with van der Waals surface area (Å²) >= 11 is 3.49. The molecule has 0 spiro atoms. The molecule has 1 aliphatic heterocycles. The lowest BCUT2D eigenvalue weighted by Gasteiger charge is -2.38. The van der Waals surface area contributed by atoms with E-state index in [2.05, 4.69) is 48.2 Å². The molecular formula is C17H27BrN2O. The molecule has 0 N–H and O–H groups in total. The third kappa shape index (κ3) is 3.91. The van der Waals surface area contributed by atoms with Gasteiger partial charge in [0.25, 0.3) is 5.91 Å². The van der Waals surface area contributed by atoms with Crippen LogP contribution in [-0.4, -0.2) is 28.5 Å². The third-order valence-corrected chi connectivity index (χ3v) is 4.99. The van der Waals surface area contributed by atoms with Crippen LogP contribution in [0.15, 0.2) is 16.7 Å². The van der Waals surface area contributed by atoms with Gasteiger partial charge in [0.15, 0.2) is 0 Å². The molecule has 1 aromatic rings. The standard InChI is InChI=1S/C17H27BrN2O/c1-5-8-20-12-14(18)11-15(20)16(21)19-9-6-13(7-10-19)17(2,3)4/h11-13H,5-10H2,1-4H3. The predicted octanol–water partition coefficient (Wildman–Crippen LogP) is 4.56. The maximum absolute atomic E-state index is 12.7. The Labute approximate surface area is 136 Å². The molecule has 2 heterocycles. The third-order valence-electron chi connectivity index (χ3n) is 4.55. The van der Waals surface area contributed by atoms with E-state index in [4.69, 9.17) is 0 Å². The Kier molecular flexibility index (Phi) is 5.18. The second-order valence-electron chi connectivity index (χ2n) is 7.17. The second-order valence-corrected chi connectivity index (χ2v) is 8.09. The minimum atomic E-state index is 0.182. The number of carbonyl (C=O) groups is 1. The monoisotopic (exact) mass is 354 g/mol. The summed E-state index contributed by atoms with van der Waals surface area (Å²) in [7, 11) is 0. The summed E-state index contributed by atoms with van der Waals surface area (Å²) in [6.07, 6.45) is 5.28. The van der Waals surface area contributed by atoms with Gasteiger partial charge >= 0.3 is 0 Å². The van der Waals surface area contributed by atoms with Crippen LogP contribution in [0.4, 0.5) is 0 Å². The van der Waals surface area contributed by atoms with Gasteiger partial charge in [-0.25, -0.2) is 0 Å². The number of aromatic nitrogens is 1. The lowest BCUT2D eigenvalue weighted by molar-refractivity contribution is 0.0598. The van der Waals surface area contributed by atoms with E-state index in [0.717, 1.165) is 55.0 Å². The van der Waals surface area contributed by atoms with E-state index < -0.39 is 0 Å². The number of nitrogens with zero attached hydrogens (tertiary/aromatic N) is 2. The molecule has 1 aliphatic rings. The Morgan fingerprint density at radius 2 is 1.95 bits per heavy atom. The van der Waals surface area contributed by atoms with Gasteiger partial charge in [-0.1, -0.05) is 27.7 Å². The number of rotatable bonds is 3. The molecular weight excluding hydrogens is 328 g/mol. The van der Waals surface area contributed by atoms with Crippen molar-refractivity contribution in [3.05, 3.63) is 22.4 Å². The molecule has 1 fully saturated rings. The fourth-order valence-electron chi connectivity index (χ4n) is 3.19. The first kappa shape index (κ1) is 16.6. The summed E-state index contributed by atoms with van der Waals surface area (Å²) in [5.74, 6) is 0.900. The van der Waals surface area contributed by atoms with E-state index in [-0.39, 0.29) is 5.91 Å². The molecule has 2 rings (SSSR count). The van der Waals surface area contributed by atoms with Gasteiger partial charge in [-0.2, -0.15) is 0 Å². The SMILES string of the molecule is CCCn1cc(Br)cc1C(=O)N1CCC(C(C)(C)C)CC1. The summed E-state index contributed by atoms with van der Waals surface area (Å²) in [6, 6.07) is 1.95. The number of piperidine rings is 1. The van der Waals surface area contributed by atoms with Crippen molar-refractivity contribution in [3.63, 3.8) is 0 Å². The highest BCUT2D eigenvalue weighted by Gasteiger charge is 2.31. The van der Waals surface area contributed by atoms with Crippen molar-refractivity contribution in [3.8, 4) is 0 Å². The first-order valence-electron chi connectivity index (χ1n) is 7.98. The highest BCUT2D eigenvalue weighted by Crippen LogP contribution is 2.34. The Morgan fingerprint density at radius 1 is 1.33 bits per heavy atom. The number of hydrogen-bond donors (Lipinski definition) is 0. The van der Waals surface area contributed by atoms with Crippen molar-refractivity contribution < 1.29 is 4.79 Å². The first-order valence-corrected chi connectivity index (χ1v) is 8.77. The molecule has 0 radical (unpaired) electrons. The predicted molar refractivity (Wildman–Crippen MR) is 90.5 cm³/mol. The Morgan fingerprint density at radius 3 is 2.48 bits per heavy atom. The van der Waals surface area contributed by atoms with Crippen molar-refractivity contribution in [1.29, 1.82) is 0 Å². The maximum atomic E-state index is 12.7. The van der Waals surface area contributed by atoms with Crippen LogP contribution >= 0.6 is 15.9 Å². The fourth-order valence-corrected chi connectivity index (χ4v) is 3.65. The largest absolute Gasteiger partial charge is 0.342 e. The molecule has 4 heteroatoms. The van der Waals surface area contributed by atoms with Gasteiger partial charge in [0.05, 0.1) is 0 Å². The van der Waals surface area contributed by atoms with Gasteiger partial charge in [0.2, 0.25) is 0 Å². The van der Waals surface area contributed by atoms with Crippen LogP contribution in [0, 0.1) is 11.3 Å². The lowest BCUT2D eigenvalue weighted by Crippen LogP contribution is -2.42. The van der Waals surface area contributed by atoms with Crippen molar-refractivity contribution >= 4 is 21.8 Å². The van der Waals surface area contributed by atoms with E-state index in [1.165, 1.54) is 0 Å². The molecule has 21 heavy (non-hydrogen) atoms. The summed E-state index contributed by atoms with van der Waals surface area (Å²) in [5, 5.41) is 0. The van der Waals surface area contributed by atoms with Crippen LogP contribution < -0.4 is 0 Å². The Hall–Kier alpha value is -0.770. The van der Waals surface area contributed by atoms with Crippen molar-refractivity contribution in [2.45, 2.75) is 53.5 Å². The molecule has 0 aliphatic carbocycles. The average molecular weight is 355 g/mol. The molecule has 0 aromatic carbocycles. The minimum absolute atomic E-state index is 0.182. The van der Waals surface area contributed by atoms with Gasteiger partial charge in [-0.3, -0.25) is 4.79 Å². The molecule has 3 nitrogen and oxygen atoms in total. The molecule has 0 saturated carbocycles. The highest BCUT2D eigenvalue weighted by molar-refractivity contribution is 9.10. The summed E-state index contributed by atoms with van der Waals surface area (Å²) < 4.78 is 3.06. The van der Waals surface area contributed by atoms with Gasteiger partial charge in [0, 0.05) is 30.3 Å². The van der Waals surface area contributed by atoms with Crippen molar-refractivity contribution in [2.24, 2.45) is 11.3 Å². The number of hydrogen-bond acceptors (Lipinski definition) is 1. The van der Waals surface area contributed by atoms with Crippen molar-refractivity contribution in [2.75, 3.05) is 13.1 Å². The Balaban J connectivity index is 2.05. The minimum Gasteiger partial charge on any atom is -0.342 e. The van der Waals surface area contributed by atoms with Crippen molar-refractivity contribution in [1.82, 2.24) is 9.47 Å². The van der Waals surface area contributed by atoms with E-state index in [1.54, 1.807) is 0 Å².